The number of ketones is 1. The number of allylic oxidation sites excluding steroid dienone is 3. The molecule has 0 saturated heterocycles. The van der Waals surface area contributed by atoms with Crippen LogP contribution in [0, 0.1) is 0 Å². The maximum atomic E-state index is 12.4. The molecule has 0 amide bonds. The number of Topliss-reactive ketones (excluding diaryl/α,β-unsaturated/α-hetero) is 1. The zero-order valence-corrected chi connectivity index (χ0v) is 13.6. The van der Waals surface area contributed by atoms with Crippen molar-refractivity contribution in [2.75, 3.05) is 11.9 Å². The van der Waals surface area contributed by atoms with Gasteiger partial charge < -0.3 is 4.90 Å². The molecule has 0 fully saturated rings. The van der Waals surface area contributed by atoms with Gasteiger partial charge in [-0.05, 0) is 36.4 Å². The van der Waals surface area contributed by atoms with Gasteiger partial charge >= 0.3 is 0 Å². The number of nitrogens with zero attached hydrogens (tertiary/aromatic N) is 1. The molecule has 4 heteroatoms. The number of thioether (sulfide) groups is 2. The van der Waals surface area contributed by atoms with Crippen molar-refractivity contribution in [2.24, 2.45) is 0 Å². The number of carbonyl (C=O) groups excluding carboxylic acids is 1. The highest BCUT2D eigenvalue weighted by atomic mass is 32.2. The normalized spacial score (nSPS) is 19.9. The zero-order chi connectivity index (χ0) is 15.1. The van der Waals surface area contributed by atoms with Crippen molar-refractivity contribution in [3.05, 3.63) is 76.2 Å². The second kappa shape index (κ2) is 5.38. The van der Waals surface area contributed by atoms with Crippen LogP contribution in [0.1, 0.15) is 10.4 Å². The number of fused-ring (bicyclic) bond motifs is 2. The summed E-state index contributed by atoms with van der Waals surface area (Å²) >= 11 is 3.29. The maximum Gasteiger partial charge on any atom is 0.200 e. The van der Waals surface area contributed by atoms with Gasteiger partial charge in [0, 0.05) is 22.4 Å². The van der Waals surface area contributed by atoms with Gasteiger partial charge in [-0.15, -0.1) is 0 Å². The SMILES string of the molecule is CN1/C(=C/C=C2/Sc3ccccc3C2=O)Sc2ccccc21. The van der Waals surface area contributed by atoms with Crippen LogP contribution in [-0.4, -0.2) is 12.8 Å². The van der Waals surface area contributed by atoms with E-state index in [4.69, 9.17) is 0 Å². The molecule has 0 aliphatic carbocycles. The first kappa shape index (κ1) is 13.7. The molecule has 0 spiro atoms. The Kier molecular flexibility index (Phi) is 3.36. The Labute approximate surface area is 137 Å². The summed E-state index contributed by atoms with van der Waals surface area (Å²) in [6.07, 6.45) is 3.98. The molecular weight excluding hydrogens is 310 g/mol. The third kappa shape index (κ3) is 2.19. The Morgan fingerprint density at radius 3 is 2.41 bits per heavy atom. The van der Waals surface area contributed by atoms with E-state index in [1.165, 1.54) is 10.6 Å². The van der Waals surface area contributed by atoms with Crippen molar-refractivity contribution in [3.8, 4) is 0 Å². The van der Waals surface area contributed by atoms with E-state index in [-0.39, 0.29) is 5.78 Å². The van der Waals surface area contributed by atoms with Crippen LogP contribution in [-0.2, 0) is 0 Å². The Hall–Kier alpha value is -1.91. The molecule has 0 atom stereocenters. The molecule has 0 aromatic heterocycles. The van der Waals surface area contributed by atoms with Crippen molar-refractivity contribution in [1.29, 1.82) is 0 Å². The zero-order valence-electron chi connectivity index (χ0n) is 11.9. The van der Waals surface area contributed by atoms with E-state index in [1.54, 1.807) is 23.5 Å². The minimum Gasteiger partial charge on any atom is -0.338 e. The van der Waals surface area contributed by atoms with Gasteiger partial charge in [0.2, 0.25) is 5.78 Å². The largest absolute Gasteiger partial charge is 0.338 e. The standard InChI is InChI=1S/C18H13NOS2/c1-19-13-7-3-5-9-15(13)22-17(19)11-10-16-18(20)12-6-2-4-8-14(12)21-16/h2-11H,1H3/b16-10+,17-11-. The molecule has 22 heavy (non-hydrogen) atoms. The minimum absolute atomic E-state index is 0.126. The average Bonchev–Trinajstić information content (AvgIpc) is 3.04. The Morgan fingerprint density at radius 2 is 1.64 bits per heavy atom. The number of anilines is 1. The fraction of sp³-hybridized carbons (Fsp3) is 0.0556. The highest BCUT2D eigenvalue weighted by molar-refractivity contribution is 8.04. The van der Waals surface area contributed by atoms with Crippen molar-refractivity contribution < 1.29 is 4.79 Å². The molecule has 2 aliphatic rings. The van der Waals surface area contributed by atoms with Crippen LogP contribution >= 0.6 is 23.5 Å². The second-order valence-corrected chi connectivity index (χ2v) is 7.24. The number of carbonyl (C=O) groups is 1. The lowest BCUT2D eigenvalue weighted by molar-refractivity contribution is 0.104. The summed E-state index contributed by atoms with van der Waals surface area (Å²) in [5, 5.41) is 1.14. The summed E-state index contributed by atoms with van der Waals surface area (Å²) in [4.78, 5) is 17.6. The molecule has 108 valence electrons. The Balaban J connectivity index is 1.63. The molecule has 0 unspecified atom stereocenters. The first-order valence-corrected chi connectivity index (χ1v) is 8.61. The lowest BCUT2D eigenvalue weighted by Crippen LogP contribution is -2.09. The molecule has 0 radical (unpaired) electrons. The molecule has 2 nitrogen and oxygen atoms in total. The van der Waals surface area contributed by atoms with Crippen LogP contribution < -0.4 is 4.90 Å². The summed E-state index contributed by atoms with van der Waals surface area (Å²) in [7, 11) is 2.06. The van der Waals surface area contributed by atoms with E-state index in [9.17, 15) is 4.79 Å². The monoisotopic (exact) mass is 323 g/mol. The summed E-state index contributed by atoms with van der Waals surface area (Å²) in [5.41, 5.74) is 2.03. The smallest absolute Gasteiger partial charge is 0.200 e. The molecule has 0 saturated carbocycles. The first-order valence-electron chi connectivity index (χ1n) is 6.98. The number of para-hydroxylation sites is 1. The van der Waals surface area contributed by atoms with E-state index in [0.717, 1.165) is 20.4 Å². The van der Waals surface area contributed by atoms with Crippen LogP contribution in [0.4, 0.5) is 5.69 Å². The molecule has 2 aliphatic heterocycles. The molecule has 2 heterocycles. The first-order chi connectivity index (χ1) is 10.7. The molecular formula is C18H13NOS2. The summed E-state index contributed by atoms with van der Waals surface area (Å²) in [5.74, 6) is 0.126. The highest BCUT2D eigenvalue weighted by Gasteiger charge is 2.25. The van der Waals surface area contributed by atoms with Gasteiger partial charge in [-0.2, -0.15) is 0 Å². The molecule has 4 rings (SSSR count). The van der Waals surface area contributed by atoms with Gasteiger partial charge in [-0.3, -0.25) is 4.79 Å². The summed E-state index contributed by atoms with van der Waals surface area (Å²) < 4.78 is 0. The number of hydrogen-bond donors (Lipinski definition) is 0. The van der Waals surface area contributed by atoms with Gasteiger partial charge in [-0.25, -0.2) is 0 Å². The molecule has 0 bridgehead atoms. The van der Waals surface area contributed by atoms with Crippen LogP contribution in [0.3, 0.4) is 0 Å². The van der Waals surface area contributed by atoms with Crippen molar-refractivity contribution in [2.45, 2.75) is 9.79 Å². The maximum absolute atomic E-state index is 12.4. The van der Waals surface area contributed by atoms with E-state index in [2.05, 4.69) is 24.1 Å². The number of benzene rings is 2. The van der Waals surface area contributed by atoms with E-state index in [1.807, 2.05) is 48.6 Å². The lowest BCUT2D eigenvalue weighted by Gasteiger charge is -2.12. The third-order valence-corrected chi connectivity index (χ3v) is 6.03. The summed E-state index contributed by atoms with van der Waals surface area (Å²) in [6.45, 7) is 0. The van der Waals surface area contributed by atoms with Gasteiger partial charge in [-0.1, -0.05) is 47.8 Å². The fourth-order valence-corrected chi connectivity index (χ4v) is 4.61. The predicted molar refractivity (Wildman–Crippen MR) is 93.5 cm³/mol. The van der Waals surface area contributed by atoms with Gasteiger partial charge in [0.1, 0.15) is 0 Å². The quantitative estimate of drug-likeness (QED) is 0.692. The predicted octanol–water partition coefficient (Wildman–Crippen LogP) is 4.94. The summed E-state index contributed by atoms with van der Waals surface area (Å²) in [6, 6.07) is 16.1. The van der Waals surface area contributed by atoms with E-state index < -0.39 is 0 Å². The van der Waals surface area contributed by atoms with Crippen LogP contribution in [0.25, 0.3) is 0 Å². The van der Waals surface area contributed by atoms with E-state index >= 15 is 0 Å². The van der Waals surface area contributed by atoms with Crippen LogP contribution in [0.5, 0.6) is 0 Å². The Bertz CT molecular complexity index is 838. The number of rotatable bonds is 1. The topological polar surface area (TPSA) is 20.3 Å². The minimum atomic E-state index is 0.126. The Morgan fingerprint density at radius 1 is 0.909 bits per heavy atom. The lowest BCUT2D eigenvalue weighted by atomic mass is 10.1. The van der Waals surface area contributed by atoms with Crippen molar-refractivity contribution in [3.63, 3.8) is 0 Å². The van der Waals surface area contributed by atoms with Crippen LogP contribution in [0.15, 0.2) is 80.4 Å². The van der Waals surface area contributed by atoms with Crippen LogP contribution in [0.2, 0.25) is 0 Å². The van der Waals surface area contributed by atoms with E-state index in [0.29, 0.717) is 0 Å². The molecule has 2 aromatic carbocycles. The molecule has 0 N–H and O–H groups in total. The van der Waals surface area contributed by atoms with Crippen molar-refractivity contribution >= 4 is 35.0 Å². The van der Waals surface area contributed by atoms with Gasteiger partial charge in [0.15, 0.2) is 0 Å². The average molecular weight is 323 g/mol. The number of hydrogen-bond acceptors (Lipinski definition) is 4. The third-order valence-electron chi connectivity index (χ3n) is 3.72. The fourth-order valence-electron chi connectivity index (χ4n) is 2.56. The molecule has 2 aromatic rings. The van der Waals surface area contributed by atoms with Crippen molar-refractivity contribution in [1.82, 2.24) is 0 Å². The highest BCUT2D eigenvalue weighted by Crippen LogP contribution is 2.45. The second-order valence-electron chi connectivity index (χ2n) is 5.09. The van der Waals surface area contributed by atoms with Gasteiger partial charge in [0.25, 0.3) is 0 Å². The van der Waals surface area contributed by atoms with Gasteiger partial charge in [0.05, 0.1) is 15.6 Å².